The zero-order valence-corrected chi connectivity index (χ0v) is 19.4. The van der Waals surface area contributed by atoms with Crippen molar-refractivity contribution in [2.75, 3.05) is 26.1 Å². The Bertz CT molecular complexity index is 1430. The topological polar surface area (TPSA) is 121 Å². The summed E-state index contributed by atoms with van der Waals surface area (Å²) in [6.07, 6.45) is 1.59. The molecule has 0 radical (unpaired) electrons. The molecule has 4 aromatic rings. The molecule has 0 saturated heterocycles. The third-order valence-corrected chi connectivity index (χ3v) is 5.32. The van der Waals surface area contributed by atoms with Crippen molar-refractivity contribution in [2.45, 2.75) is 6.92 Å². The Kier molecular flexibility index (Phi) is 6.72. The molecule has 10 heteroatoms. The van der Waals surface area contributed by atoms with Gasteiger partial charge in [-0.15, -0.1) is 0 Å². The molecule has 0 aliphatic carbocycles. The van der Waals surface area contributed by atoms with Gasteiger partial charge in [-0.1, -0.05) is 12.1 Å². The standard InChI is InChI=1S/C25H23N5O5/c1-4-26-21-14-20(17-6-5-7-19(12-17)34-2)28-29(25(21)31)23-13-16(8-10-22(23)30(32)33)18-9-11-24(35-3)27-15-18/h5-15,26H,4H2,1-3H3. The number of hydrogen-bond donors (Lipinski definition) is 1. The number of anilines is 1. The Morgan fingerprint density at radius 1 is 1.00 bits per heavy atom. The molecular weight excluding hydrogens is 450 g/mol. The molecule has 2 heterocycles. The van der Waals surface area contributed by atoms with Gasteiger partial charge in [0, 0.05) is 36.0 Å². The number of benzene rings is 2. The van der Waals surface area contributed by atoms with E-state index in [9.17, 15) is 14.9 Å². The molecule has 10 nitrogen and oxygen atoms in total. The third-order valence-electron chi connectivity index (χ3n) is 5.32. The van der Waals surface area contributed by atoms with E-state index >= 15 is 0 Å². The van der Waals surface area contributed by atoms with Crippen LogP contribution in [0.3, 0.4) is 0 Å². The minimum absolute atomic E-state index is 0.0391. The van der Waals surface area contributed by atoms with Gasteiger partial charge in [-0.05, 0) is 48.9 Å². The highest BCUT2D eigenvalue weighted by Gasteiger charge is 2.21. The van der Waals surface area contributed by atoms with Crippen molar-refractivity contribution in [1.29, 1.82) is 0 Å². The maximum atomic E-state index is 13.3. The van der Waals surface area contributed by atoms with E-state index in [0.717, 1.165) is 4.68 Å². The fraction of sp³-hybridized carbons (Fsp3) is 0.160. The summed E-state index contributed by atoms with van der Waals surface area (Å²) < 4.78 is 11.5. The molecule has 178 valence electrons. The van der Waals surface area contributed by atoms with E-state index in [1.54, 1.807) is 61.8 Å². The lowest BCUT2D eigenvalue weighted by molar-refractivity contribution is -0.384. The van der Waals surface area contributed by atoms with Crippen LogP contribution in [0, 0.1) is 10.1 Å². The quantitative estimate of drug-likeness (QED) is 0.297. The number of ether oxygens (including phenoxy) is 2. The molecule has 0 aliphatic rings. The molecule has 0 bridgehead atoms. The SMILES string of the molecule is CCNc1cc(-c2cccc(OC)c2)nn(-c2cc(-c3ccc(OC)nc3)ccc2[N+](=O)[O-])c1=O. The number of pyridine rings is 1. The van der Waals surface area contributed by atoms with Gasteiger partial charge in [0.2, 0.25) is 5.88 Å². The van der Waals surface area contributed by atoms with Gasteiger partial charge in [0.25, 0.3) is 11.2 Å². The van der Waals surface area contributed by atoms with Crippen LogP contribution in [0.2, 0.25) is 0 Å². The molecule has 0 fully saturated rings. The summed E-state index contributed by atoms with van der Waals surface area (Å²) in [6.45, 7) is 2.34. The Balaban J connectivity index is 1.95. The van der Waals surface area contributed by atoms with Crippen molar-refractivity contribution in [3.63, 3.8) is 0 Å². The van der Waals surface area contributed by atoms with E-state index in [1.807, 2.05) is 13.0 Å². The zero-order valence-electron chi connectivity index (χ0n) is 19.4. The Labute approximate surface area is 200 Å². The second kappa shape index (κ2) is 10.0. The van der Waals surface area contributed by atoms with Gasteiger partial charge in [0.1, 0.15) is 17.1 Å². The first-order valence-electron chi connectivity index (χ1n) is 10.8. The largest absolute Gasteiger partial charge is 0.497 e. The first kappa shape index (κ1) is 23.4. The van der Waals surface area contributed by atoms with Crippen LogP contribution in [-0.2, 0) is 0 Å². The molecule has 0 amide bonds. The van der Waals surface area contributed by atoms with Crippen molar-refractivity contribution in [1.82, 2.24) is 14.8 Å². The van der Waals surface area contributed by atoms with E-state index in [4.69, 9.17) is 9.47 Å². The van der Waals surface area contributed by atoms with E-state index in [1.165, 1.54) is 13.2 Å². The lowest BCUT2D eigenvalue weighted by Gasteiger charge is -2.13. The summed E-state index contributed by atoms with van der Waals surface area (Å²) in [5.41, 5.74) is 2.02. The number of aromatic nitrogens is 3. The van der Waals surface area contributed by atoms with Crippen LogP contribution < -0.4 is 20.3 Å². The zero-order chi connectivity index (χ0) is 24.9. The summed E-state index contributed by atoms with van der Waals surface area (Å²) in [5, 5.41) is 19.4. The van der Waals surface area contributed by atoms with Crippen LogP contribution in [0.1, 0.15) is 6.92 Å². The molecule has 0 spiro atoms. The number of nitrogens with one attached hydrogen (secondary N) is 1. The second-order valence-corrected chi connectivity index (χ2v) is 7.47. The molecular formula is C25H23N5O5. The Morgan fingerprint density at radius 2 is 1.80 bits per heavy atom. The summed E-state index contributed by atoms with van der Waals surface area (Å²) >= 11 is 0. The number of nitro groups is 1. The Morgan fingerprint density at radius 3 is 2.46 bits per heavy atom. The number of nitrogens with zero attached hydrogens (tertiary/aromatic N) is 4. The lowest BCUT2D eigenvalue weighted by Crippen LogP contribution is -2.25. The average Bonchev–Trinajstić information content (AvgIpc) is 2.89. The number of nitro benzene ring substituents is 1. The van der Waals surface area contributed by atoms with Gasteiger partial charge in [-0.2, -0.15) is 9.78 Å². The van der Waals surface area contributed by atoms with E-state index < -0.39 is 10.5 Å². The fourth-order valence-corrected chi connectivity index (χ4v) is 3.60. The molecule has 0 atom stereocenters. The first-order valence-corrected chi connectivity index (χ1v) is 10.8. The van der Waals surface area contributed by atoms with E-state index in [-0.39, 0.29) is 17.1 Å². The van der Waals surface area contributed by atoms with Crippen molar-refractivity contribution in [2.24, 2.45) is 0 Å². The Hall–Kier alpha value is -4.73. The van der Waals surface area contributed by atoms with Crippen molar-refractivity contribution in [3.8, 4) is 39.7 Å². The minimum Gasteiger partial charge on any atom is -0.497 e. The van der Waals surface area contributed by atoms with Crippen LogP contribution in [0.15, 0.2) is 71.7 Å². The predicted molar refractivity (Wildman–Crippen MR) is 132 cm³/mol. The molecule has 35 heavy (non-hydrogen) atoms. The highest BCUT2D eigenvalue weighted by Crippen LogP contribution is 2.30. The number of rotatable bonds is 8. The van der Waals surface area contributed by atoms with Crippen LogP contribution in [0.25, 0.3) is 28.1 Å². The normalized spacial score (nSPS) is 10.6. The summed E-state index contributed by atoms with van der Waals surface area (Å²) in [7, 11) is 3.07. The molecule has 2 aromatic heterocycles. The van der Waals surface area contributed by atoms with Crippen LogP contribution in [-0.4, -0.2) is 40.5 Å². The number of hydrogen-bond acceptors (Lipinski definition) is 8. The lowest BCUT2D eigenvalue weighted by atomic mass is 10.1. The first-order chi connectivity index (χ1) is 16.9. The number of methoxy groups -OCH3 is 2. The van der Waals surface area contributed by atoms with Crippen molar-refractivity contribution in [3.05, 3.63) is 87.3 Å². The molecule has 2 aromatic carbocycles. The van der Waals surface area contributed by atoms with E-state index in [2.05, 4.69) is 15.4 Å². The van der Waals surface area contributed by atoms with Crippen LogP contribution in [0.4, 0.5) is 11.4 Å². The fourth-order valence-electron chi connectivity index (χ4n) is 3.60. The second-order valence-electron chi connectivity index (χ2n) is 7.47. The molecule has 4 rings (SSSR count). The summed E-state index contributed by atoms with van der Waals surface area (Å²) in [6, 6.07) is 16.8. The third kappa shape index (κ3) is 4.81. The van der Waals surface area contributed by atoms with Crippen LogP contribution in [0.5, 0.6) is 11.6 Å². The molecule has 1 N–H and O–H groups in total. The van der Waals surface area contributed by atoms with Gasteiger partial charge < -0.3 is 14.8 Å². The summed E-state index contributed by atoms with van der Waals surface area (Å²) in [5.74, 6) is 1.06. The minimum atomic E-state index is -0.537. The van der Waals surface area contributed by atoms with Crippen LogP contribution >= 0.6 is 0 Å². The van der Waals surface area contributed by atoms with Crippen molar-refractivity contribution < 1.29 is 14.4 Å². The van der Waals surface area contributed by atoms with Gasteiger partial charge in [0.15, 0.2) is 0 Å². The summed E-state index contributed by atoms with van der Waals surface area (Å²) in [4.78, 5) is 28.9. The monoisotopic (exact) mass is 473 g/mol. The highest BCUT2D eigenvalue weighted by molar-refractivity contribution is 5.71. The molecule has 0 aliphatic heterocycles. The molecule has 0 saturated carbocycles. The van der Waals surface area contributed by atoms with Gasteiger partial charge in [0.05, 0.1) is 24.8 Å². The smallest absolute Gasteiger partial charge is 0.295 e. The average molecular weight is 473 g/mol. The molecule has 0 unspecified atom stereocenters. The van der Waals surface area contributed by atoms with Gasteiger partial charge >= 0.3 is 0 Å². The maximum absolute atomic E-state index is 13.3. The predicted octanol–water partition coefficient (Wildman–Crippen LogP) is 4.32. The highest BCUT2D eigenvalue weighted by atomic mass is 16.6. The van der Waals surface area contributed by atoms with E-state index in [0.29, 0.717) is 40.6 Å². The van der Waals surface area contributed by atoms with Crippen molar-refractivity contribution >= 4 is 11.4 Å². The maximum Gasteiger partial charge on any atom is 0.295 e. The van der Waals surface area contributed by atoms with Gasteiger partial charge in [-0.3, -0.25) is 14.9 Å². The van der Waals surface area contributed by atoms with Gasteiger partial charge in [-0.25, -0.2) is 4.98 Å².